The van der Waals surface area contributed by atoms with Crippen LogP contribution in [0.4, 0.5) is 5.69 Å². The number of piperazine rings is 1. The maximum atomic E-state index is 10.3. The lowest BCUT2D eigenvalue weighted by Crippen LogP contribution is -2.49. The van der Waals surface area contributed by atoms with E-state index in [-0.39, 0.29) is 6.61 Å². The minimum Gasteiger partial charge on any atom is -0.491 e. The molecule has 0 saturated carbocycles. The number of ether oxygens (including phenoxy) is 2. The van der Waals surface area contributed by atoms with Gasteiger partial charge >= 0.3 is 0 Å². The normalized spacial score (nSPS) is 16.4. The van der Waals surface area contributed by atoms with Crippen molar-refractivity contribution in [1.29, 1.82) is 0 Å². The number of anilines is 1. The fraction of sp³-hybridized carbons (Fsp3) is 0.571. The van der Waals surface area contributed by atoms with Crippen LogP contribution in [0.15, 0.2) is 29.6 Å². The van der Waals surface area contributed by atoms with Crippen LogP contribution in [0.3, 0.4) is 0 Å². The molecule has 1 saturated heterocycles. The zero-order chi connectivity index (χ0) is 19.9. The Morgan fingerprint density at radius 1 is 1.11 bits per heavy atom. The van der Waals surface area contributed by atoms with E-state index in [1.165, 1.54) is 11.3 Å². The van der Waals surface area contributed by atoms with E-state index in [0.29, 0.717) is 17.7 Å². The van der Waals surface area contributed by atoms with E-state index < -0.39 is 6.10 Å². The van der Waals surface area contributed by atoms with Crippen LogP contribution >= 0.6 is 11.3 Å². The summed E-state index contributed by atoms with van der Waals surface area (Å²) in [4.78, 5) is 8.92. The Morgan fingerprint density at radius 3 is 2.54 bits per heavy atom. The first kappa shape index (κ1) is 20.9. The zero-order valence-corrected chi connectivity index (χ0v) is 17.8. The molecule has 1 aromatic heterocycles. The van der Waals surface area contributed by atoms with Crippen molar-refractivity contribution < 1.29 is 14.6 Å². The molecule has 1 aliphatic heterocycles. The number of thiazole rings is 1. The van der Waals surface area contributed by atoms with Crippen molar-refractivity contribution in [3.8, 4) is 10.9 Å². The van der Waals surface area contributed by atoms with Crippen LogP contribution in [0.2, 0.25) is 0 Å². The van der Waals surface area contributed by atoms with Gasteiger partial charge in [0.15, 0.2) is 0 Å². The van der Waals surface area contributed by atoms with Gasteiger partial charge in [0.05, 0.1) is 18.0 Å². The first-order chi connectivity index (χ1) is 13.5. The number of para-hydroxylation sites is 2. The minimum atomic E-state index is -0.516. The van der Waals surface area contributed by atoms with Gasteiger partial charge in [-0.3, -0.25) is 4.90 Å². The Morgan fingerprint density at radius 2 is 1.86 bits per heavy atom. The van der Waals surface area contributed by atoms with Gasteiger partial charge in [-0.1, -0.05) is 37.3 Å². The fourth-order valence-electron chi connectivity index (χ4n) is 3.19. The average Bonchev–Trinajstić information content (AvgIpc) is 3.11. The quantitative estimate of drug-likeness (QED) is 0.692. The molecule has 0 aliphatic carbocycles. The monoisotopic (exact) mass is 405 g/mol. The van der Waals surface area contributed by atoms with Crippen molar-refractivity contribution in [2.45, 2.75) is 26.9 Å². The van der Waals surface area contributed by atoms with Gasteiger partial charge in [0.25, 0.3) is 5.19 Å². The van der Waals surface area contributed by atoms with E-state index in [0.717, 1.165) is 49.9 Å². The summed E-state index contributed by atoms with van der Waals surface area (Å²) in [5, 5.41) is 12.9. The van der Waals surface area contributed by atoms with Crippen molar-refractivity contribution in [2.75, 3.05) is 50.8 Å². The number of nitrogens with zero attached hydrogens (tertiary/aromatic N) is 3. The number of aromatic nitrogens is 1. The Bertz CT molecular complexity index is 729. The van der Waals surface area contributed by atoms with Crippen molar-refractivity contribution in [1.82, 2.24) is 9.88 Å². The summed E-state index contributed by atoms with van der Waals surface area (Å²) >= 11 is 1.47. The van der Waals surface area contributed by atoms with Gasteiger partial charge in [0, 0.05) is 38.1 Å². The molecule has 0 radical (unpaired) electrons. The molecule has 1 fully saturated rings. The van der Waals surface area contributed by atoms with Crippen LogP contribution < -0.4 is 14.4 Å². The van der Waals surface area contributed by atoms with Crippen molar-refractivity contribution in [3.63, 3.8) is 0 Å². The van der Waals surface area contributed by atoms with Gasteiger partial charge in [-0.2, -0.15) is 0 Å². The number of benzene rings is 1. The van der Waals surface area contributed by atoms with Crippen molar-refractivity contribution >= 4 is 17.0 Å². The third-order valence-electron chi connectivity index (χ3n) is 4.62. The Kier molecular flexibility index (Phi) is 7.53. The third-order valence-corrected chi connectivity index (χ3v) is 5.49. The summed E-state index contributed by atoms with van der Waals surface area (Å²) in [6.07, 6.45) is -0.516. The molecule has 2 heterocycles. The molecule has 2 aromatic rings. The maximum Gasteiger partial charge on any atom is 0.273 e. The molecule has 6 nitrogen and oxygen atoms in total. The highest BCUT2D eigenvalue weighted by Gasteiger charge is 2.22. The van der Waals surface area contributed by atoms with Crippen LogP contribution in [0.1, 0.15) is 19.5 Å². The Balaban J connectivity index is 1.45. The fourth-order valence-corrected chi connectivity index (χ4v) is 3.84. The number of aliphatic hydroxyl groups is 1. The molecular formula is C21H31N3O3S. The molecule has 1 unspecified atom stereocenters. The molecule has 1 N–H and O–H groups in total. The van der Waals surface area contributed by atoms with Gasteiger partial charge in [-0.15, -0.1) is 0 Å². The number of β-amino-alcohol motifs (C(OH)–C–C–N with tert-alkyl or cyclic N) is 1. The number of aryl methyl sites for hydroxylation is 1. The topological polar surface area (TPSA) is 58.1 Å². The molecule has 7 heteroatoms. The van der Waals surface area contributed by atoms with E-state index in [1.807, 2.05) is 24.4 Å². The highest BCUT2D eigenvalue weighted by Crippen LogP contribution is 2.29. The van der Waals surface area contributed by atoms with Crippen molar-refractivity contribution in [3.05, 3.63) is 35.3 Å². The first-order valence-electron chi connectivity index (χ1n) is 9.93. The van der Waals surface area contributed by atoms with E-state index in [2.05, 4.69) is 40.8 Å². The second-order valence-electron chi connectivity index (χ2n) is 7.68. The van der Waals surface area contributed by atoms with Crippen LogP contribution in [-0.2, 0) is 0 Å². The lowest BCUT2D eigenvalue weighted by molar-refractivity contribution is 0.0661. The third kappa shape index (κ3) is 6.09. The Labute approximate surface area is 171 Å². The minimum absolute atomic E-state index is 0.277. The average molecular weight is 406 g/mol. The molecule has 1 atom stereocenters. The SMILES string of the molecule is Cc1csc(OCC(O)CN2CCN(c3ccccc3OCC(C)C)CC2)n1. The summed E-state index contributed by atoms with van der Waals surface area (Å²) in [6, 6.07) is 8.26. The number of hydrogen-bond donors (Lipinski definition) is 1. The predicted octanol–water partition coefficient (Wildman–Crippen LogP) is 3.05. The smallest absolute Gasteiger partial charge is 0.273 e. The highest BCUT2D eigenvalue weighted by molar-refractivity contribution is 7.11. The number of hydrogen-bond acceptors (Lipinski definition) is 7. The summed E-state index contributed by atoms with van der Waals surface area (Å²) < 4.78 is 11.6. The van der Waals surface area contributed by atoms with E-state index in [9.17, 15) is 5.11 Å². The zero-order valence-electron chi connectivity index (χ0n) is 17.0. The molecule has 3 rings (SSSR count). The molecule has 1 aromatic carbocycles. The molecule has 0 bridgehead atoms. The predicted molar refractivity (Wildman–Crippen MR) is 114 cm³/mol. The largest absolute Gasteiger partial charge is 0.491 e. The lowest BCUT2D eigenvalue weighted by atomic mass is 10.2. The first-order valence-corrected chi connectivity index (χ1v) is 10.8. The van der Waals surface area contributed by atoms with Gasteiger partial charge in [-0.25, -0.2) is 4.98 Å². The maximum absolute atomic E-state index is 10.3. The van der Waals surface area contributed by atoms with Gasteiger partial charge in [0.1, 0.15) is 18.5 Å². The Hall–Kier alpha value is -1.83. The summed E-state index contributed by atoms with van der Waals surface area (Å²) in [7, 11) is 0. The number of aliphatic hydroxyl groups excluding tert-OH is 1. The second-order valence-corrected chi connectivity index (χ2v) is 8.50. The van der Waals surface area contributed by atoms with Gasteiger partial charge in [0.2, 0.25) is 0 Å². The molecule has 154 valence electrons. The summed E-state index contributed by atoms with van der Waals surface area (Å²) in [5.41, 5.74) is 2.11. The summed E-state index contributed by atoms with van der Waals surface area (Å²) in [5.74, 6) is 1.46. The van der Waals surface area contributed by atoms with Gasteiger partial charge in [-0.05, 0) is 25.0 Å². The van der Waals surface area contributed by atoms with Crippen LogP contribution in [0, 0.1) is 12.8 Å². The lowest BCUT2D eigenvalue weighted by Gasteiger charge is -2.37. The molecule has 1 aliphatic rings. The standard InChI is InChI=1S/C21H31N3O3S/c1-16(2)13-26-20-7-5-4-6-19(20)24-10-8-23(9-11-24)12-18(25)14-27-21-22-17(3)15-28-21/h4-7,15-16,18,25H,8-14H2,1-3H3. The van der Waals surface area contributed by atoms with E-state index in [4.69, 9.17) is 9.47 Å². The van der Waals surface area contributed by atoms with Crippen molar-refractivity contribution in [2.24, 2.45) is 5.92 Å². The van der Waals surface area contributed by atoms with Crippen LogP contribution in [0.25, 0.3) is 0 Å². The van der Waals surface area contributed by atoms with Gasteiger partial charge < -0.3 is 19.5 Å². The van der Waals surface area contributed by atoms with Crippen LogP contribution in [-0.4, -0.2) is 67.0 Å². The molecule has 0 amide bonds. The van der Waals surface area contributed by atoms with E-state index in [1.54, 1.807) is 0 Å². The number of rotatable bonds is 9. The molecule has 0 spiro atoms. The van der Waals surface area contributed by atoms with Crippen LogP contribution in [0.5, 0.6) is 10.9 Å². The molecular weight excluding hydrogens is 374 g/mol. The molecule has 28 heavy (non-hydrogen) atoms. The highest BCUT2D eigenvalue weighted by atomic mass is 32.1. The van der Waals surface area contributed by atoms with E-state index >= 15 is 0 Å². The summed E-state index contributed by atoms with van der Waals surface area (Å²) in [6.45, 7) is 11.5. The second kappa shape index (κ2) is 10.1.